The maximum Gasteiger partial charge on any atom is 0.260 e. The predicted molar refractivity (Wildman–Crippen MR) is 139 cm³/mol. The molecular formula is C25H29N7O4. The summed E-state index contributed by atoms with van der Waals surface area (Å²) in [7, 11) is 0. The first-order valence-corrected chi connectivity index (χ1v) is 11.5. The molecule has 0 saturated heterocycles. The summed E-state index contributed by atoms with van der Waals surface area (Å²) >= 11 is 0. The number of hydrogen-bond donors (Lipinski definition) is 6. The predicted octanol–water partition coefficient (Wildman–Crippen LogP) is 1.44. The second-order valence-corrected chi connectivity index (χ2v) is 7.93. The lowest BCUT2D eigenvalue weighted by Crippen LogP contribution is -2.29. The zero-order valence-corrected chi connectivity index (χ0v) is 19.6. The van der Waals surface area contributed by atoms with Gasteiger partial charge in [0.1, 0.15) is 6.61 Å². The quantitative estimate of drug-likeness (QED) is 0.219. The Balaban J connectivity index is 1.62. The van der Waals surface area contributed by atoms with Crippen LogP contribution < -0.4 is 20.7 Å². The minimum absolute atomic E-state index is 0.0145. The van der Waals surface area contributed by atoms with E-state index in [1.54, 1.807) is 16.8 Å². The number of benzene rings is 1. The Bertz CT molecular complexity index is 1310. The molecule has 1 aliphatic rings. The molecule has 0 fully saturated rings. The standard InChI is InChI=1S/C25H29N7O4/c26-19-15-20(27)22(29-24-23-3-1-2-8-32(23)30-25(24)36-14-13-35)16-21(19)28-17-4-6-18(7-5-17)31(9-11-33)10-12-34/h1-8,15-16,26,28,33-35H,9-14,27H2. The smallest absolute Gasteiger partial charge is 0.260 e. The van der Waals surface area contributed by atoms with Gasteiger partial charge in [0.25, 0.3) is 5.88 Å². The fourth-order valence-electron chi connectivity index (χ4n) is 3.76. The molecule has 0 bridgehead atoms. The number of aliphatic hydroxyl groups excluding tert-OH is 3. The molecule has 1 aliphatic carbocycles. The first kappa shape index (κ1) is 24.9. The minimum atomic E-state index is -0.159. The molecule has 0 radical (unpaired) electrons. The molecule has 36 heavy (non-hydrogen) atoms. The molecule has 11 heteroatoms. The van der Waals surface area contributed by atoms with Crippen molar-refractivity contribution >= 4 is 34.0 Å². The number of fused-ring (bicyclic) bond motifs is 1. The highest BCUT2D eigenvalue weighted by molar-refractivity contribution is 6.24. The maximum absolute atomic E-state index is 9.26. The summed E-state index contributed by atoms with van der Waals surface area (Å²) in [6, 6.07) is 13.0. The summed E-state index contributed by atoms with van der Waals surface area (Å²) in [4.78, 5) is 6.59. The molecule has 2 heterocycles. The Morgan fingerprint density at radius 3 is 2.47 bits per heavy atom. The Morgan fingerprint density at radius 2 is 1.78 bits per heavy atom. The van der Waals surface area contributed by atoms with Gasteiger partial charge in [0, 0.05) is 30.7 Å². The number of ether oxygens (including phenoxy) is 1. The number of nitrogens with two attached hydrogens (primary N) is 1. The zero-order valence-electron chi connectivity index (χ0n) is 19.6. The number of pyridine rings is 1. The molecule has 1 aromatic carbocycles. The number of aliphatic imine (C=N–C) groups is 1. The van der Waals surface area contributed by atoms with Gasteiger partial charge in [0.2, 0.25) is 0 Å². The minimum Gasteiger partial charge on any atom is -0.473 e. The van der Waals surface area contributed by atoms with Gasteiger partial charge in [-0.1, -0.05) is 6.07 Å². The van der Waals surface area contributed by atoms with Crippen LogP contribution in [-0.2, 0) is 0 Å². The zero-order chi connectivity index (χ0) is 25.5. The number of nitrogens with zero attached hydrogens (tertiary/aromatic N) is 4. The number of allylic oxidation sites excluding steroid dienone is 2. The van der Waals surface area contributed by atoms with Crippen molar-refractivity contribution in [2.75, 3.05) is 49.7 Å². The third-order valence-electron chi connectivity index (χ3n) is 5.46. The average Bonchev–Trinajstić information content (AvgIpc) is 3.23. The number of rotatable bonds is 11. The van der Waals surface area contributed by atoms with Gasteiger partial charge in [-0.3, -0.25) is 5.41 Å². The van der Waals surface area contributed by atoms with E-state index >= 15 is 0 Å². The summed E-state index contributed by atoms with van der Waals surface area (Å²) in [5.41, 5.74) is 10.5. The highest BCUT2D eigenvalue weighted by atomic mass is 16.5. The van der Waals surface area contributed by atoms with E-state index < -0.39 is 0 Å². The highest BCUT2D eigenvalue weighted by Crippen LogP contribution is 2.33. The molecule has 11 nitrogen and oxygen atoms in total. The van der Waals surface area contributed by atoms with E-state index in [9.17, 15) is 15.3 Å². The van der Waals surface area contributed by atoms with Gasteiger partial charge in [-0.2, -0.15) is 0 Å². The monoisotopic (exact) mass is 491 g/mol. The summed E-state index contributed by atoms with van der Waals surface area (Å²) in [5, 5.41) is 43.7. The number of anilines is 2. The molecule has 0 saturated carbocycles. The van der Waals surface area contributed by atoms with Crippen LogP contribution in [0.25, 0.3) is 5.52 Å². The van der Waals surface area contributed by atoms with Crippen molar-refractivity contribution in [2.45, 2.75) is 0 Å². The number of nitrogens with one attached hydrogen (secondary N) is 2. The van der Waals surface area contributed by atoms with Gasteiger partial charge in [0.15, 0.2) is 5.69 Å². The van der Waals surface area contributed by atoms with Crippen molar-refractivity contribution in [3.8, 4) is 5.88 Å². The van der Waals surface area contributed by atoms with E-state index in [1.165, 1.54) is 6.08 Å². The van der Waals surface area contributed by atoms with Gasteiger partial charge in [-0.25, -0.2) is 9.51 Å². The summed E-state index contributed by atoms with van der Waals surface area (Å²) in [6.07, 6.45) is 4.99. The van der Waals surface area contributed by atoms with Gasteiger partial charge in [-0.05, 0) is 48.6 Å². The van der Waals surface area contributed by atoms with Gasteiger partial charge < -0.3 is 36.0 Å². The van der Waals surface area contributed by atoms with E-state index in [2.05, 4.69) is 10.4 Å². The average molecular weight is 492 g/mol. The SMILES string of the molecule is N=C1C=C(N)C(=Nc2c(OCCO)nn3ccccc23)C=C1Nc1ccc(N(CCO)CCO)cc1. The van der Waals surface area contributed by atoms with E-state index in [0.717, 1.165) is 11.4 Å². The van der Waals surface area contributed by atoms with Crippen LogP contribution in [0, 0.1) is 5.41 Å². The third kappa shape index (κ3) is 5.54. The van der Waals surface area contributed by atoms with Crippen molar-refractivity contribution in [3.63, 3.8) is 0 Å². The first-order valence-electron chi connectivity index (χ1n) is 11.5. The first-order chi connectivity index (χ1) is 17.5. The molecule has 7 N–H and O–H groups in total. The molecule has 0 atom stereocenters. The molecule has 2 aromatic heterocycles. The van der Waals surface area contributed by atoms with Crippen LogP contribution in [0.2, 0.25) is 0 Å². The summed E-state index contributed by atoms with van der Waals surface area (Å²) < 4.78 is 7.23. The number of hydrogen-bond acceptors (Lipinski definition) is 10. The third-order valence-corrected chi connectivity index (χ3v) is 5.46. The second kappa shape index (κ2) is 11.5. The molecular weight excluding hydrogens is 462 g/mol. The lowest BCUT2D eigenvalue weighted by molar-refractivity contribution is 0.197. The largest absolute Gasteiger partial charge is 0.473 e. The van der Waals surface area contributed by atoms with Crippen LogP contribution >= 0.6 is 0 Å². The fraction of sp³-hybridized carbons (Fsp3) is 0.240. The van der Waals surface area contributed by atoms with Crippen LogP contribution in [0.5, 0.6) is 5.88 Å². The summed E-state index contributed by atoms with van der Waals surface area (Å²) in [6.45, 7) is 0.720. The molecule has 0 aliphatic heterocycles. The number of aromatic nitrogens is 2. The lowest BCUT2D eigenvalue weighted by Gasteiger charge is -2.23. The molecule has 0 unspecified atom stereocenters. The normalized spacial score (nSPS) is 14.6. The Morgan fingerprint density at radius 1 is 1.03 bits per heavy atom. The van der Waals surface area contributed by atoms with Crippen molar-refractivity contribution in [1.29, 1.82) is 5.41 Å². The van der Waals surface area contributed by atoms with Crippen molar-refractivity contribution < 1.29 is 20.1 Å². The molecule has 4 rings (SSSR count). The van der Waals surface area contributed by atoms with Crippen LogP contribution in [0.15, 0.2) is 77.2 Å². The molecule has 0 amide bonds. The molecule has 0 spiro atoms. The maximum atomic E-state index is 9.26. The summed E-state index contributed by atoms with van der Waals surface area (Å²) in [5.74, 6) is 0.269. The van der Waals surface area contributed by atoms with Gasteiger partial charge >= 0.3 is 0 Å². The topological polar surface area (TPSA) is 165 Å². The van der Waals surface area contributed by atoms with Crippen molar-refractivity contribution in [1.82, 2.24) is 9.61 Å². The number of aliphatic hydroxyl groups is 3. The van der Waals surface area contributed by atoms with E-state index in [4.69, 9.17) is 20.9 Å². The lowest BCUT2D eigenvalue weighted by atomic mass is 10.0. The van der Waals surface area contributed by atoms with E-state index in [-0.39, 0.29) is 38.0 Å². The van der Waals surface area contributed by atoms with Crippen LogP contribution in [-0.4, -0.2) is 75.9 Å². The molecule has 188 valence electrons. The van der Waals surface area contributed by atoms with Gasteiger partial charge in [0.05, 0.1) is 48.2 Å². The van der Waals surface area contributed by atoms with Crippen molar-refractivity contribution in [2.24, 2.45) is 10.7 Å². The Kier molecular flexibility index (Phi) is 7.95. The van der Waals surface area contributed by atoms with Crippen LogP contribution in [0.4, 0.5) is 17.1 Å². The second-order valence-electron chi connectivity index (χ2n) is 7.93. The van der Waals surface area contributed by atoms with Crippen molar-refractivity contribution in [3.05, 3.63) is 72.2 Å². The fourth-order valence-corrected chi connectivity index (χ4v) is 3.76. The Hall–Kier alpha value is -4.19. The van der Waals surface area contributed by atoms with E-state index in [0.29, 0.717) is 41.4 Å². The van der Waals surface area contributed by atoms with Crippen LogP contribution in [0.1, 0.15) is 0 Å². The van der Waals surface area contributed by atoms with Crippen LogP contribution in [0.3, 0.4) is 0 Å². The molecule has 3 aromatic rings. The Labute approximate surface area is 208 Å². The van der Waals surface area contributed by atoms with E-state index in [1.807, 2.05) is 47.4 Å². The van der Waals surface area contributed by atoms with Gasteiger partial charge in [-0.15, -0.1) is 5.10 Å². The highest BCUT2D eigenvalue weighted by Gasteiger charge is 2.19.